The number of hydrogen-bond donors (Lipinski definition) is 2. The molecule has 3 N–H and O–H groups in total. The Labute approximate surface area is 141 Å². The molecule has 0 bridgehead atoms. The number of aliphatic carboxylic acids is 1. The number of ether oxygens (including phenoxy) is 1. The van der Waals surface area contributed by atoms with Crippen molar-refractivity contribution in [3.63, 3.8) is 0 Å². The van der Waals surface area contributed by atoms with Crippen molar-refractivity contribution >= 4 is 52.2 Å². The molecule has 1 aliphatic heterocycles. The fourth-order valence-electron chi connectivity index (χ4n) is 1.74. The minimum absolute atomic E-state index is 0.213. The summed E-state index contributed by atoms with van der Waals surface area (Å²) in [5.74, 6) is -1.66. The van der Waals surface area contributed by atoms with Gasteiger partial charge in [-0.15, -0.1) is 0 Å². The van der Waals surface area contributed by atoms with Crippen LogP contribution in [0.1, 0.15) is 5.56 Å². The van der Waals surface area contributed by atoms with Gasteiger partial charge in [0.1, 0.15) is 16.6 Å². The fourth-order valence-corrected chi connectivity index (χ4v) is 2.99. The number of carbonyl (C=O) groups is 3. The fraction of sp³-hybridized carbons (Fsp3) is 0.143. The zero-order chi connectivity index (χ0) is 17.0. The van der Waals surface area contributed by atoms with E-state index in [9.17, 15) is 14.4 Å². The Morgan fingerprint density at radius 2 is 2.00 bits per heavy atom. The Bertz CT molecular complexity index is 700. The molecule has 1 aromatic carbocycles. The van der Waals surface area contributed by atoms with Gasteiger partial charge in [0.05, 0.1) is 4.91 Å². The molecule has 2 amide bonds. The van der Waals surface area contributed by atoms with Crippen LogP contribution in [-0.4, -0.2) is 45.3 Å². The second-order valence-electron chi connectivity index (χ2n) is 4.49. The largest absolute Gasteiger partial charge is 0.484 e. The van der Waals surface area contributed by atoms with Crippen molar-refractivity contribution in [2.75, 3.05) is 13.2 Å². The number of thioether (sulfide) groups is 1. The molecule has 7 nitrogen and oxygen atoms in total. The van der Waals surface area contributed by atoms with E-state index in [1.165, 1.54) is 0 Å². The summed E-state index contributed by atoms with van der Waals surface area (Å²) in [5, 5.41) is 8.78. The molecule has 1 fully saturated rings. The third kappa shape index (κ3) is 4.54. The molecule has 0 atom stereocenters. The molecule has 1 aromatic rings. The highest BCUT2D eigenvalue weighted by atomic mass is 32.2. The van der Waals surface area contributed by atoms with Gasteiger partial charge in [0.2, 0.25) is 0 Å². The van der Waals surface area contributed by atoms with E-state index in [1.54, 1.807) is 30.3 Å². The van der Waals surface area contributed by atoms with Crippen molar-refractivity contribution in [1.29, 1.82) is 0 Å². The molecule has 1 heterocycles. The van der Waals surface area contributed by atoms with Gasteiger partial charge >= 0.3 is 5.97 Å². The zero-order valence-electron chi connectivity index (χ0n) is 11.7. The maximum Gasteiger partial charge on any atom is 0.323 e. The van der Waals surface area contributed by atoms with Crippen molar-refractivity contribution in [3.8, 4) is 5.75 Å². The first-order valence-electron chi connectivity index (χ1n) is 6.35. The Morgan fingerprint density at radius 3 is 2.57 bits per heavy atom. The summed E-state index contributed by atoms with van der Waals surface area (Å²) in [6.07, 6.45) is 1.61. The van der Waals surface area contributed by atoms with Crippen LogP contribution in [0.15, 0.2) is 29.2 Å². The van der Waals surface area contributed by atoms with E-state index >= 15 is 0 Å². The number of thiocarbonyl (C=S) groups is 1. The summed E-state index contributed by atoms with van der Waals surface area (Å²) in [4.78, 5) is 34.9. The highest BCUT2D eigenvalue weighted by Gasteiger charge is 2.33. The summed E-state index contributed by atoms with van der Waals surface area (Å²) in [6, 6.07) is 6.65. The van der Waals surface area contributed by atoms with Gasteiger partial charge in [0.25, 0.3) is 11.8 Å². The maximum atomic E-state index is 12.1. The van der Waals surface area contributed by atoms with Crippen LogP contribution in [-0.2, 0) is 14.4 Å². The number of nitrogens with two attached hydrogens (primary N) is 1. The molecular formula is C14H12N2O5S2. The van der Waals surface area contributed by atoms with Gasteiger partial charge in [0, 0.05) is 0 Å². The molecule has 0 aliphatic carbocycles. The first-order chi connectivity index (χ1) is 10.9. The quantitative estimate of drug-likeness (QED) is 0.576. The lowest BCUT2D eigenvalue weighted by molar-refractivity contribution is -0.140. The summed E-state index contributed by atoms with van der Waals surface area (Å²) in [6.45, 7) is -0.672. The van der Waals surface area contributed by atoms with E-state index in [1.807, 2.05) is 0 Å². The van der Waals surface area contributed by atoms with Crippen molar-refractivity contribution in [2.45, 2.75) is 0 Å². The lowest BCUT2D eigenvalue weighted by atomic mass is 10.2. The topological polar surface area (TPSA) is 110 Å². The van der Waals surface area contributed by atoms with Crippen molar-refractivity contribution in [3.05, 3.63) is 34.7 Å². The number of hydrogen-bond acceptors (Lipinski definition) is 6. The molecule has 23 heavy (non-hydrogen) atoms. The minimum Gasteiger partial charge on any atom is -0.484 e. The van der Waals surface area contributed by atoms with Crippen molar-refractivity contribution in [2.24, 2.45) is 5.73 Å². The number of nitrogens with zero attached hydrogens (tertiary/aromatic N) is 1. The van der Waals surface area contributed by atoms with Gasteiger partial charge in [-0.3, -0.25) is 19.3 Å². The first-order valence-corrected chi connectivity index (χ1v) is 7.57. The normalized spacial score (nSPS) is 16.0. The van der Waals surface area contributed by atoms with Crippen LogP contribution in [0.5, 0.6) is 5.75 Å². The van der Waals surface area contributed by atoms with E-state index in [4.69, 9.17) is 27.8 Å². The first kappa shape index (κ1) is 17.0. The smallest absolute Gasteiger partial charge is 0.323 e. The Kier molecular flexibility index (Phi) is 5.35. The van der Waals surface area contributed by atoms with Gasteiger partial charge in [-0.25, -0.2) is 0 Å². The Morgan fingerprint density at radius 1 is 1.35 bits per heavy atom. The van der Waals surface area contributed by atoms with Crippen LogP contribution in [0.3, 0.4) is 0 Å². The van der Waals surface area contributed by atoms with Crippen LogP contribution >= 0.6 is 24.0 Å². The lowest BCUT2D eigenvalue weighted by Gasteiger charge is -2.10. The second-order valence-corrected chi connectivity index (χ2v) is 6.16. The summed E-state index contributed by atoms with van der Waals surface area (Å²) in [7, 11) is 0. The predicted octanol–water partition coefficient (Wildman–Crippen LogP) is 0.837. The van der Waals surface area contributed by atoms with Gasteiger partial charge in [-0.2, -0.15) is 0 Å². The molecule has 0 unspecified atom stereocenters. The molecule has 0 radical (unpaired) electrons. The van der Waals surface area contributed by atoms with Crippen molar-refractivity contribution < 1.29 is 24.2 Å². The predicted molar refractivity (Wildman–Crippen MR) is 88.6 cm³/mol. The maximum absolute atomic E-state index is 12.1. The number of amides is 2. The highest BCUT2D eigenvalue weighted by molar-refractivity contribution is 8.26. The number of carboxylic acid groups (broad SMARTS) is 1. The second kappa shape index (κ2) is 7.25. The van der Waals surface area contributed by atoms with E-state index in [0.29, 0.717) is 16.2 Å². The molecular weight excluding hydrogens is 340 g/mol. The number of benzene rings is 1. The third-order valence-corrected chi connectivity index (χ3v) is 4.10. The van der Waals surface area contributed by atoms with E-state index in [-0.39, 0.29) is 10.9 Å². The number of carboxylic acids is 1. The SMILES string of the molecule is NC(=O)COc1ccc(/C=C2/SC(=S)N(CC(=O)O)C2=O)cc1. The minimum atomic E-state index is -1.13. The van der Waals surface area contributed by atoms with Gasteiger partial charge < -0.3 is 15.6 Å². The van der Waals surface area contributed by atoms with Crippen molar-refractivity contribution in [1.82, 2.24) is 4.90 Å². The molecule has 9 heteroatoms. The van der Waals surface area contributed by atoms with Crippen LogP contribution in [0.2, 0.25) is 0 Å². The number of rotatable bonds is 6. The van der Waals surface area contributed by atoms with Crippen LogP contribution in [0.25, 0.3) is 6.08 Å². The number of primary amides is 1. The highest BCUT2D eigenvalue weighted by Crippen LogP contribution is 2.32. The number of carbonyl (C=O) groups excluding carboxylic acids is 2. The Balaban J connectivity index is 2.09. The molecule has 2 rings (SSSR count). The lowest BCUT2D eigenvalue weighted by Crippen LogP contribution is -2.33. The summed E-state index contributed by atoms with van der Waals surface area (Å²) in [5.41, 5.74) is 5.70. The van der Waals surface area contributed by atoms with Crippen LogP contribution < -0.4 is 10.5 Å². The van der Waals surface area contributed by atoms with Crippen LogP contribution in [0.4, 0.5) is 0 Å². The molecule has 1 aliphatic rings. The molecule has 0 spiro atoms. The monoisotopic (exact) mass is 352 g/mol. The van der Waals surface area contributed by atoms with E-state index < -0.39 is 24.3 Å². The van der Waals surface area contributed by atoms with Gasteiger partial charge in [-0.05, 0) is 23.8 Å². The Hall–Kier alpha value is -2.39. The summed E-state index contributed by atoms with van der Waals surface area (Å²) >= 11 is 6.06. The van der Waals surface area contributed by atoms with Gasteiger partial charge in [-0.1, -0.05) is 36.1 Å². The molecule has 0 saturated carbocycles. The zero-order valence-corrected chi connectivity index (χ0v) is 13.4. The van der Waals surface area contributed by atoms with E-state index in [0.717, 1.165) is 16.7 Å². The average Bonchev–Trinajstić information content (AvgIpc) is 2.74. The standard InChI is InChI=1S/C14H12N2O5S2/c15-11(17)7-21-9-3-1-8(2-4-9)5-10-13(20)16(6-12(18)19)14(22)23-10/h1-5H,6-7H2,(H2,15,17)(H,18,19)/b10-5+. The summed E-state index contributed by atoms with van der Waals surface area (Å²) < 4.78 is 5.34. The average molecular weight is 352 g/mol. The molecule has 1 saturated heterocycles. The van der Waals surface area contributed by atoms with Gasteiger partial charge in [0.15, 0.2) is 6.61 Å². The van der Waals surface area contributed by atoms with Crippen LogP contribution in [0, 0.1) is 0 Å². The third-order valence-electron chi connectivity index (χ3n) is 2.73. The molecule has 120 valence electrons. The van der Waals surface area contributed by atoms with E-state index in [2.05, 4.69) is 0 Å². The molecule has 0 aromatic heterocycles.